The van der Waals surface area contributed by atoms with E-state index in [0.717, 1.165) is 27.6 Å². The van der Waals surface area contributed by atoms with Crippen molar-refractivity contribution in [2.75, 3.05) is 0 Å². The summed E-state index contributed by atoms with van der Waals surface area (Å²) in [5.41, 5.74) is 8.61. The van der Waals surface area contributed by atoms with Crippen LogP contribution in [-0.4, -0.2) is 22.3 Å². The Morgan fingerprint density at radius 1 is 1.00 bits per heavy atom. The summed E-state index contributed by atoms with van der Waals surface area (Å²) < 4.78 is 0. The average Bonchev–Trinajstić information content (AvgIpc) is 2.66. The fourth-order valence-electron chi connectivity index (χ4n) is 2.59. The summed E-state index contributed by atoms with van der Waals surface area (Å²) >= 11 is 0. The third-order valence-corrected chi connectivity index (χ3v) is 4.01. The van der Waals surface area contributed by atoms with Crippen molar-refractivity contribution in [2.24, 2.45) is 15.9 Å². The maximum Gasteiger partial charge on any atom is 0.185 e. The summed E-state index contributed by atoms with van der Waals surface area (Å²) in [5.74, 6) is 0.409. The van der Waals surface area contributed by atoms with Gasteiger partial charge in [0, 0.05) is 18.0 Å². The minimum atomic E-state index is -0.00255. The van der Waals surface area contributed by atoms with Gasteiger partial charge in [-0.05, 0) is 36.4 Å². The number of nitrogens with two attached hydrogens (primary N) is 1. The summed E-state index contributed by atoms with van der Waals surface area (Å²) in [5, 5.41) is 9.96. The highest BCUT2D eigenvalue weighted by atomic mass is 16.1. The number of ketones is 1. The minimum absolute atomic E-state index is 0.00255. The Morgan fingerprint density at radius 2 is 1.69 bits per heavy atom. The molecule has 3 rings (SSSR count). The number of rotatable bonds is 5. The molecule has 0 spiro atoms. The number of carbonyl (C=O) groups is 1. The molecule has 26 heavy (non-hydrogen) atoms. The van der Waals surface area contributed by atoms with Gasteiger partial charge in [0.2, 0.25) is 0 Å². The zero-order valence-electron chi connectivity index (χ0n) is 14.8. The maximum atomic E-state index is 12.5. The van der Waals surface area contributed by atoms with Crippen molar-refractivity contribution in [3.05, 3.63) is 77.6 Å². The molecule has 2 N–H and O–H groups in total. The molecule has 0 aliphatic carbocycles. The van der Waals surface area contributed by atoms with E-state index in [1.54, 1.807) is 13.1 Å². The third kappa shape index (κ3) is 4.19. The van der Waals surface area contributed by atoms with Crippen LogP contribution in [0.1, 0.15) is 35.5 Å². The first kappa shape index (κ1) is 17.5. The zero-order chi connectivity index (χ0) is 18.5. The van der Waals surface area contributed by atoms with Crippen LogP contribution in [0.2, 0.25) is 0 Å². The summed E-state index contributed by atoms with van der Waals surface area (Å²) in [6.07, 6.45) is 2.05. The summed E-state index contributed by atoms with van der Waals surface area (Å²) in [4.78, 5) is 16.8. The van der Waals surface area contributed by atoms with E-state index in [1.807, 2.05) is 61.5 Å². The number of carbonyl (C=O) groups excluding carboxylic acids is 1. The highest BCUT2D eigenvalue weighted by Crippen LogP contribution is 2.15. The first-order valence-electron chi connectivity index (χ1n) is 8.34. The topological polar surface area (TPSA) is 80.7 Å². The molecular formula is C21H20N4O. The Kier molecular flexibility index (Phi) is 5.17. The van der Waals surface area contributed by atoms with Gasteiger partial charge in [-0.3, -0.25) is 9.78 Å². The first-order valence-corrected chi connectivity index (χ1v) is 8.34. The molecule has 0 amide bonds. The van der Waals surface area contributed by atoms with Crippen LogP contribution in [0, 0.1) is 0 Å². The van der Waals surface area contributed by atoms with Gasteiger partial charge in [-0.2, -0.15) is 5.10 Å². The molecule has 0 atom stereocenters. The number of hydrogen-bond acceptors (Lipinski definition) is 4. The fraction of sp³-hybridized carbons (Fsp3) is 0.143. The molecule has 0 bridgehead atoms. The highest BCUT2D eigenvalue weighted by molar-refractivity contribution is 6.00. The van der Waals surface area contributed by atoms with Crippen LogP contribution < -0.4 is 5.73 Å². The van der Waals surface area contributed by atoms with Gasteiger partial charge in [0.05, 0.1) is 5.71 Å². The van der Waals surface area contributed by atoms with E-state index in [-0.39, 0.29) is 5.78 Å². The molecule has 1 heterocycles. The second kappa shape index (κ2) is 7.70. The maximum absolute atomic E-state index is 12.5. The van der Waals surface area contributed by atoms with Crippen molar-refractivity contribution in [2.45, 2.75) is 20.3 Å². The number of amidine groups is 1. The molecule has 0 aliphatic heterocycles. The van der Waals surface area contributed by atoms with Crippen LogP contribution in [0.15, 0.2) is 71.0 Å². The van der Waals surface area contributed by atoms with Crippen molar-refractivity contribution in [3.63, 3.8) is 0 Å². The van der Waals surface area contributed by atoms with Crippen LogP contribution in [0.25, 0.3) is 10.8 Å². The Hall–Kier alpha value is -3.34. The van der Waals surface area contributed by atoms with Gasteiger partial charge >= 0.3 is 0 Å². The van der Waals surface area contributed by atoms with Crippen LogP contribution in [-0.2, 0) is 6.42 Å². The Morgan fingerprint density at radius 3 is 2.38 bits per heavy atom. The SMILES string of the molecule is CC(N)=N/N=C(\C)c1ccc(CC(=O)c2cc3ccccc3cn2)cc1. The lowest BCUT2D eigenvalue weighted by atomic mass is 10.0. The van der Waals surface area contributed by atoms with Gasteiger partial charge in [-0.1, -0.05) is 48.5 Å². The average molecular weight is 344 g/mol. The second-order valence-electron chi connectivity index (χ2n) is 6.14. The van der Waals surface area contributed by atoms with Crippen LogP contribution in [0.3, 0.4) is 0 Å². The van der Waals surface area contributed by atoms with E-state index in [9.17, 15) is 4.79 Å². The van der Waals surface area contributed by atoms with E-state index in [2.05, 4.69) is 15.2 Å². The van der Waals surface area contributed by atoms with Crippen molar-refractivity contribution < 1.29 is 4.79 Å². The fourth-order valence-corrected chi connectivity index (χ4v) is 2.59. The zero-order valence-corrected chi connectivity index (χ0v) is 14.8. The van der Waals surface area contributed by atoms with E-state index in [4.69, 9.17) is 5.73 Å². The summed E-state index contributed by atoms with van der Waals surface area (Å²) in [6.45, 7) is 3.55. The predicted octanol–water partition coefficient (Wildman–Crippen LogP) is 3.76. The summed E-state index contributed by atoms with van der Waals surface area (Å²) in [7, 11) is 0. The normalized spacial score (nSPS) is 12.4. The Balaban J connectivity index is 1.74. The number of Topliss-reactive ketones (excluding diaryl/α,β-unsaturated/α-hetero) is 1. The van der Waals surface area contributed by atoms with E-state index in [0.29, 0.717) is 18.0 Å². The van der Waals surface area contributed by atoms with Gasteiger partial charge in [-0.15, -0.1) is 5.10 Å². The molecule has 0 radical (unpaired) electrons. The number of fused-ring (bicyclic) bond motifs is 1. The van der Waals surface area contributed by atoms with Gasteiger partial charge in [0.1, 0.15) is 11.5 Å². The van der Waals surface area contributed by atoms with E-state index < -0.39 is 0 Å². The monoisotopic (exact) mass is 344 g/mol. The van der Waals surface area contributed by atoms with Gasteiger partial charge in [0.25, 0.3) is 0 Å². The van der Waals surface area contributed by atoms with Crippen molar-refractivity contribution in [3.8, 4) is 0 Å². The van der Waals surface area contributed by atoms with Crippen LogP contribution in [0.5, 0.6) is 0 Å². The number of pyridine rings is 1. The van der Waals surface area contributed by atoms with Gasteiger partial charge < -0.3 is 5.73 Å². The van der Waals surface area contributed by atoms with Gasteiger partial charge in [0.15, 0.2) is 5.78 Å². The highest BCUT2D eigenvalue weighted by Gasteiger charge is 2.10. The largest absolute Gasteiger partial charge is 0.386 e. The molecule has 2 aromatic carbocycles. The number of benzene rings is 2. The lowest BCUT2D eigenvalue weighted by Gasteiger charge is -2.05. The smallest absolute Gasteiger partial charge is 0.185 e. The predicted molar refractivity (Wildman–Crippen MR) is 106 cm³/mol. The molecule has 1 aromatic heterocycles. The molecule has 0 saturated carbocycles. The molecular weight excluding hydrogens is 324 g/mol. The lowest BCUT2D eigenvalue weighted by Crippen LogP contribution is -2.06. The molecule has 0 aliphatic rings. The molecule has 3 aromatic rings. The molecule has 0 fully saturated rings. The quantitative estimate of drug-likeness (QED) is 0.331. The van der Waals surface area contributed by atoms with E-state index in [1.165, 1.54) is 0 Å². The van der Waals surface area contributed by atoms with E-state index >= 15 is 0 Å². The minimum Gasteiger partial charge on any atom is -0.386 e. The Labute approximate surface area is 152 Å². The molecule has 0 unspecified atom stereocenters. The number of aromatic nitrogens is 1. The van der Waals surface area contributed by atoms with Gasteiger partial charge in [-0.25, -0.2) is 0 Å². The van der Waals surface area contributed by atoms with Crippen molar-refractivity contribution in [1.82, 2.24) is 4.98 Å². The number of nitrogens with zero attached hydrogens (tertiary/aromatic N) is 3. The standard InChI is InChI=1S/C21H20N4O/c1-14(24-25-15(2)22)17-9-7-16(8-10-17)11-21(26)20-12-18-5-3-4-6-19(18)13-23-20/h3-10,12-13H,11H2,1-2H3,(H2,22,25)/b24-14+. The first-order chi connectivity index (χ1) is 12.5. The molecule has 0 saturated heterocycles. The molecule has 130 valence electrons. The van der Waals surface area contributed by atoms with Crippen molar-refractivity contribution in [1.29, 1.82) is 0 Å². The second-order valence-corrected chi connectivity index (χ2v) is 6.14. The number of hydrogen-bond donors (Lipinski definition) is 1. The Bertz CT molecular complexity index is 1000. The molecule has 5 heteroatoms. The molecule has 5 nitrogen and oxygen atoms in total. The lowest BCUT2D eigenvalue weighted by molar-refractivity contribution is 0.0988. The van der Waals surface area contributed by atoms with Crippen molar-refractivity contribution >= 4 is 28.1 Å². The summed E-state index contributed by atoms with van der Waals surface area (Å²) in [6, 6.07) is 17.4. The van der Waals surface area contributed by atoms with Crippen LogP contribution in [0.4, 0.5) is 0 Å². The van der Waals surface area contributed by atoms with Crippen LogP contribution >= 0.6 is 0 Å². The third-order valence-electron chi connectivity index (χ3n) is 4.01.